The highest BCUT2D eigenvalue weighted by molar-refractivity contribution is 7.97. The van der Waals surface area contributed by atoms with Crippen LogP contribution in [0.25, 0.3) is 11.0 Å². The number of sulfonamides is 1. The summed E-state index contributed by atoms with van der Waals surface area (Å²) >= 11 is 1.52. The molecule has 0 aromatic carbocycles. The van der Waals surface area contributed by atoms with Crippen LogP contribution in [0.1, 0.15) is 31.7 Å². The molecule has 0 bridgehead atoms. The molecule has 14 heteroatoms. The SMILES string of the molecule is CCOCc1cc2cnc(NC3CCN(S(C)(=O)=O)CC3)nc2n(CCCSn2cncn2)c1=O. The Balaban J connectivity index is 1.52. The molecule has 4 rings (SSSR count). The fraction of sp³-hybridized carbons (Fsp3) is 0.571. The van der Waals surface area contributed by atoms with Gasteiger partial charge < -0.3 is 10.1 Å². The van der Waals surface area contributed by atoms with Crippen LogP contribution < -0.4 is 10.9 Å². The van der Waals surface area contributed by atoms with Crippen molar-refractivity contribution in [3.8, 4) is 0 Å². The van der Waals surface area contributed by atoms with Crippen molar-refractivity contribution in [3.63, 3.8) is 0 Å². The summed E-state index contributed by atoms with van der Waals surface area (Å²) < 4.78 is 33.9. The van der Waals surface area contributed by atoms with Crippen molar-refractivity contribution in [3.05, 3.63) is 40.8 Å². The highest BCUT2D eigenvalue weighted by atomic mass is 32.2. The van der Waals surface area contributed by atoms with Gasteiger partial charge in [0, 0.05) is 55.2 Å². The first-order chi connectivity index (χ1) is 16.8. The average molecular weight is 523 g/mol. The highest BCUT2D eigenvalue weighted by Crippen LogP contribution is 2.19. The number of rotatable bonds is 11. The fourth-order valence-corrected chi connectivity index (χ4v) is 5.52. The van der Waals surface area contributed by atoms with Gasteiger partial charge in [-0.15, -0.1) is 5.10 Å². The second-order valence-corrected chi connectivity index (χ2v) is 11.3. The maximum absolute atomic E-state index is 13.2. The molecular weight excluding hydrogens is 492 g/mol. The third-order valence-electron chi connectivity index (χ3n) is 5.77. The van der Waals surface area contributed by atoms with E-state index in [-0.39, 0.29) is 18.2 Å². The number of hydrogen-bond acceptors (Lipinski definition) is 10. The topological polar surface area (TPSA) is 137 Å². The molecule has 4 heterocycles. The molecule has 1 N–H and O–H groups in total. The number of anilines is 1. The normalized spacial score (nSPS) is 15.6. The van der Waals surface area contributed by atoms with Gasteiger partial charge >= 0.3 is 0 Å². The Morgan fingerprint density at radius 2 is 2.09 bits per heavy atom. The molecule has 0 atom stereocenters. The number of pyridine rings is 1. The average Bonchev–Trinajstić information content (AvgIpc) is 3.35. The fourth-order valence-electron chi connectivity index (χ4n) is 3.97. The number of aromatic nitrogens is 6. The number of hydrogen-bond donors (Lipinski definition) is 1. The van der Waals surface area contributed by atoms with Gasteiger partial charge in [0.25, 0.3) is 5.56 Å². The summed E-state index contributed by atoms with van der Waals surface area (Å²) in [5.41, 5.74) is 1.01. The predicted molar refractivity (Wildman–Crippen MR) is 135 cm³/mol. The van der Waals surface area contributed by atoms with E-state index in [0.29, 0.717) is 56.2 Å². The van der Waals surface area contributed by atoms with E-state index in [1.165, 1.54) is 28.8 Å². The molecule has 1 aliphatic heterocycles. The summed E-state index contributed by atoms with van der Waals surface area (Å²) in [5.74, 6) is 1.18. The summed E-state index contributed by atoms with van der Waals surface area (Å²) in [6, 6.07) is 1.85. The lowest BCUT2D eigenvalue weighted by Gasteiger charge is -2.30. The number of fused-ring (bicyclic) bond motifs is 1. The Morgan fingerprint density at radius 3 is 2.77 bits per heavy atom. The minimum absolute atomic E-state index is 0.0573. The summed E-state index contributed by atoms with van der Waals surface area (Å²) in [7, 11) is -3.18. The third kappa shape index (κ3) is 6.57. The van der Waals surface area contributed by atoms with Crippen LogP contribution in [0.5, 0.6) is 0 Å². The lowest BCUT2D eigenvalue weighted by atomic mass is 10.1. The van der Waals surface area contributed by atoms with E-state index in [4.69, 9.17) is 4.74 Å². The zero-order valence-electron chi connectivity index (χ0n) is 19.8. The van der Waals surface area contributed by atoms with Crippen molar-refractivity contribution in [2.24, 2.45) is 0 Å². The Hall–Kier alpha value is -2.55. The van der Waals surface area contributed by atoms with Crippen molar-refractivity contribution < 1.29 is 13.2 Å². The Morgan fingerprint density at radius 1 is 1.29 bits per heavy atom. The van der Waals surface area contributed by atoms with Gasteiger partial charge in [0.05, 0.1) is 12.9 Å². The van der Waals surface area contributed by atoms with Gasteiger partial charge in [-0.2, -0.15) is 9.07 Å². The van der Waals surface area contributed by atoms with E-state index in [1.54, 1.807) is 27.2 Å². The smallest absolute Gasteiger partial charge is 0.257 e. The lowest BCUT2D eigenvalue weighted by Crippen LogP contribution is -2.42. The van der Waals surface area contributed by atoms with E-state index in [0.717, 1.165) is 17.6 Å². The largest absolute Gasteiger partial charge is 0.377 e. The molecule has 190 valence electrons. The maximum Gasteiger partial charge on any atom is 0.257 e. The Labute approximate surface area is 208 Å². The first-order valence-electron chi connectivity index (χ1n) is 11.5. The van der Waals surface area contributed by atoms with Crippen LogP contribution in [0.4, 0.5) is 5.95 Å². The van der Waals surface area contributed by atoms with Crippen LogP contribution in [0.15, 0.2) is 29.7 Å². The molecular formula is C21H30N8O4S2. The van der Waals surface area contributed by atoms with Gasteiger partial charge in [0.2, 0.25) is 16.0 Å². The Kier molecular flexibility index (Phi) is 8.36. The van der Waals surface area contributed by atoms with Crippen molar-refractivity contribution in [2.75, 3.05) is 37.0 Å². The molecule has 0 aliphatic carbocycles. The summed E-state index contributed by atoms with van der Waals surface area (Å²) in [5, 5.41) is 8.16. The Bertz CT molecular complexity index is 1290. The molecule has 0 unspecified atom stereocenters. The zero-order valence-corrected chi connectivity index (χ0v) is 21.5. The molecule has 1 saturated heterocycles. The molecule has 1 aliphatic rings. The number of piperidine rings is 1. The molecule has 3 aromatic heterocycles. The van der Waals surface area contributed by atoms with Gasteiger partial charge in [-0.1, -0.05) is 0 Å². The van der Waals surface area contributed by atoms with E-state index in [1.807, 2.05) is 6.92 Å². The van der Waals surface area contributed by atoms with Gasteiger partial charge in [-0.3, -0.25) is 9.36 Å². The number of nitrogens with zero attached hydrogens (tertiary/aromatic N) is 7. The van der Waals surface area contributed by atoms with E-state index < -0.39 is 10.0 Å². The van der Waals surface area contributed by atoms with Gasteiger partial charge in [-0.05, 0) is 44.2 Å². The summed E-state index contributed by atoms with van der Waals surface area (Å²) in [6.07, 6.45) is 8.12. The van der Waals surface area contributed by atoms with Gasteiger partial charge in [-0.25, -0.2) is 22.7 Å². The predicted octanol–water partition coefficient (Wildman–Crippen LogP) is 1.34. The van der Waals surface area contributed by atoms with Crippen molar-refractivity contribution in [1.29, 1.82) is 0 Å². The molecule has 1 fully saturated rings. The van der Waals surface area contributed by atoms with Crippen molar-refractivity contribution >= 4 is 39.0 Å². The standard InChI is InChI=1S/C21H30N8O4S2/c1-3-33-13-17-11-16-12-23-21(25-18-5-8-27(9-6-18)35(2,31)32)26-19(16)28(20(17)30)7-4-10-34-29-15-22-14-24-29/h11-12,14-15,18H,3-10,13H2,1-2H3,(H,23,25,26). The molecule has 12 nitrogen and oxygen atoms in total. The zero-order chi connectivity index (χ0) is 24.8. The van der Waals surface area contributed by atoms with Gasteiger partial charge in [0.15, 0.2) is 0 Å². The monoisotopic (exact) mass is 522 g/mol. The highest BCUT2D eigenvalue weighted by Gasteiger charge is 2.25. The van der Waals surface area contributed by atoms with Crippen LogP contribution in [0.3, 0.4) is 0 Å². The van der Waals surface area contributed by atoms with Crippen LogP contribution in [-0.4, -0.2) is 79.2 Å². The van der Waals surface area contributed by atoms with Crippen LogP contribution >= 0.6 is 11.9 Å². The number of aryl methyl sites for hydroxylation is 1. The molecule has 3 aromatic rings. The molecule has 0 spiro atoms. The van der Waals surface area contributed by atoms with Crippen molar-refractivity contribution in [2.45, 2.75) is 45.4 Å². The minimum Gasteiger partial charge on any atom is -0.377 e. The quantitative estimate of drug-likeness (QED) is 0.367. The minimum atomic E-state index is -3.18. The van der Waals surface area contributed by atoms with Gasteiger partial charge in [0.1, 0.15) is 18.3 Å². The van der Waals surface area contributed by atoms with Crippen LogP contribution in [0, 0.1) is 0 Å². The van der Waals surface area contributed by atoms with E-state index in [2.05, 4.69) is 25.4 Å². The number of nitrogens with one attached hydrogen (secondary N) is 1. The number of ether oxygens (including phenoxy) is 1. The maximum atomic E-state index is 13.2. The van der Waals surface area contributed by atoms with Crippen molar-refractivity contribution in [1.82, 2.24) is 33.0 Å². The lowest BCUT2D eigenvalue weighted by molar-refractivity contribution is 0.133. The van der Waals surface area contributed by atoms with E-state index in [9.17, 15) is 13.2 Å². The molecule has 0 amide bonds. The molecule has 35 heavy (non-hydrogen) atoms. The first kappa shape index (κ1) is 25.5. The second kappa shape index (κ2) is 11.5. The first-order valence-corrected chi connectivity index (χ1v) is 14.3. The third-order valence-corrected chi connectivity index (χ3v) is 7.99. The van der Waals surface area contributed by atoms with E-state index >= 15 is 0 Å². The van der Waals surface area contributed by atoms with Crippen LogP contribution in [-0.2, 0) is 27.9 Å². The molecule has 0 saturated carbocycles. The second-order valence-electron chi connectivity index (χ2n) is 8.30. The van der Waals surface area contributed by atoms with Crippen LogP contribution in [0.2, 0.25) is 0 Å². The summed E-state index contributed by atoms with van der Waals surface area (Å²) in [6.45, 7) is 4.04. The summed E-state index contributed by atoms with van der Waals surface area (Å²) in [4.78, 5) is 26.3. The molecule has 0 radical (unpaired) electrons.